The van der Waals surface area contributed by atoms with E-state index < -0.39 is 5.54 Å². The van der Waals surface area contributed by atoms with Crippen LogP contribution in [0.2, 0.25) is 10.0 Å². The molecule has 0 radical (unpaired) electrons. The number of methoxy groups -OCH3 is 1. The highest BCUT2D eigenvalue weighted by molar-refractivity contribution is 6.35. The summed E-state index contributed by atoms with van der Waals surface area (Å²) in [5.74, 6) is 0.605. The Morgan fingerprint density at radius 1 is 1.40 bits per heavy atom. The number of benzene rings is 1. The minimum Gasteiger partial charge on any atom is -0.495 e. The fourth-order valence-corrected chi connectivity index (χ4v) is 1.95. The number of halogens is 2. The highest BCUT2D eigenvalue weighted by Crippen LogP contribution is 2.38. The maximum absolute atomic E-state index is 6.15. The second-order valence-corrected chi connectivity index (χ2v) is 4.58. The van der Waals surface area contributed by atoms with Crippen LogP contribution in [-0.4, -0.2) is 7.11 Å². The Balaban J connectivity index is 3.39. The molecule has 0 bridgehead atoms. The van der Waals surface area contributed by atoms with Crippen LogP contribution in [0.5, 0.6) is 5.75 Å². The Morgan fingerprint density at radius 2 is 2.00 bits per heavy atom. The van der Waals surface area contributed by atoms with Gasteiger partial charge in [-0.05, 0) is 25.5 Å². The third kappa shape index (κ3) is 2.57. The van der Waals surface area contributed by atoms with Crippen molar-refractivity contribution >= 4 is 23.2 Å². The van der Waals surface area contributed by atoms with Crippen LogP contribution in [0.15, 0.2) is 12.1 Å². The Kier molecular flexibility index (Phi) is 3.87. The third-order valence-corrected chi connectivity index (χ3v) is 3.06. The molecule has 0 aliphatic carbocycles. The summed E-state index contributed by atoms with van der Waals surface area (Å²) in [5.41, 5.74) is 6.51. The maximum Gasteiger partial charge on any atom is 0.142 e. The first-order valence-electron chi connectivity index (χ1n) is 4.74. The van der Waals surface area contributed by atoms with E-state index in [1.165, 1.54) is 0 Å². The molecule has 0 fully saturated rings. The fraction of sp³-hybridized carbons (Fsp3) is 0.455. The van der Waals surface area contributed by atoms with Crippen LogP contribution in [0.25, 0.3) is 0 Å². The topological polar surface area (TPSA) is 35.2 Å². The van der Waals surface area contributed by atoms with Crippen molar-refractivity contribution in [2.45, 2.75) is 25.8 Å². The van der Waals surface area contributed by atoms with Crippen molar-refractivity contribution in [1.29, 1.82) is 0 Å². The zero-order chi connectivity index (χ0) is 11.6. The summed E-state index contributed by atoms with van der Waals surface area (Å²) >= 11 is 12.0. The highest BCUT2D eigenvalue weighted by atomic mass is 35.5. The van der Waals surface area contributed by atoms with Crippen molar-refractivity contribution in [3.05, 3.63) is 27.7 Å². The van der Waals surface area contributed by atoms with Crippen LogP contribution >= 0.6 is 23.2 Å². The van der Waals surface area contributed by atoms with Crippen LogP contribution in [0, 0.1) is 0 Å². The van der Waals surface area contributed by atoms with E-state index in [1.54, 1.807) is 19.2 Å². The minimum atomic E-state index is -0.486. The van der Waals surface area contributed by atoms with Gasteiger partial charge in [-0.2, -0.15) is 0 Å². The lowest BCUT2D eigenvalue weighted by Crippen LogP contribution is -2.32. The van der Waals surface area contributed by atoms with Gasteiger partial charge in [-0.25, -0.2) is 0 Å². The molecule has 0 saturated carbocycles. The van der Waals surface area contributed by atoms with Crippen LogP contribution in [0.4, 0.5) is 0 Å². The molecule has 1 aromatic rings. The standard InChI is InChI=1S/C11H15Cl2NO/c1-4-11(2,14)8-5-7(12)6-9(13)10(8)15-3/h5-6H,4,14H2,1-3H3. The van der Waals surface area contributed by atoms with Crippen LogP contribution in [-0.2, 0) is 5.54 Å². The van der Waals surface area contributed by atoms with Crippen LogP contribution in [0.1, 0.15) is 25.8 Å². The number of ether oxygens (including phenoxy) is 1. The Labute approximate surface area is 100 Å². The van der Waals surface area contributed by atoms with Gasteiger partial charge in [-0.1, -0.05) is 30.1 Å². The second-order valence-electron chi connectivity index (χ2n) is 3.74. The first kappa shape index (κ1) is 12.6. The summed E-state index contributed by atoms with van der Waals surface area (Å²) in [6.45, 7) is 3.94. The number of hydrogen-bond acceptors (Lipinski definition) is 2. The molecule has 0 aromatic heterocycles. The maximum atomic E-state index is 6.15. The molecule has 0 amide bonds. The molecule has 0 spiro atoms. The van der Waals surface area contributed by atoms with Crippen molar-refractivity contribution in [3.63, 3.8) is 0 Å². The molecule has 84 valence electrons. The summed E-state index contributed by atoms with van der Waals surface area (Å²) in [5, 5.41) is 1.06. The van der Waals surface area contributed by atoms with E-state index in [-0.39, 0.29) is 0 Å². The van der Waals surface area contributed by atoms with Gasteiger partial charge >= 0.3 is 0 Å². The molecular weight excluding hydrogens is 233 g/mol. The van der Waals surface area contributed by atoms with Gasteiger partial charge < -0.3 is 10.5 Å². The third-order valence-electron chi connectivity index (χ3n) is 2.56. The van der Waals surface area contributed by atoms with E-state index >= 15 is 0 Å². The minimum absolute atomic E-state index is 0.486. The zero-order valence-electron chi connectivity index (χ0n) is 9.10. The average Bonchev–Trinajstić information content (AvgIpc) is 2.16. The van der Waals surface area contributed by atoms with Gasteiger partial charge in [-0.3, -0.25) is 0 Å². The number of nitrogens with two attached hydrogens (primary N) is 1. The van der Waals surface area contributed by atoms with Crippen molar-refractivity contribution in [2.75, 3.05) is 7.11 Å². The lowest BCUT2D eigenvalue weighted by Gasteiger charge is -2.26. The molecule has 4 heteroatoms. The van der Waals surface area contributed by atoms with E-state index in [0.717, 1.165) is 12.0 Å². The van der Waals surface area contributed by atoms with E-state index in [4.69, 9.17) is 33.7 Å². The Hall–Kier alpha value is -0.440. The predicted molar refractivity (Wildman–Crippen MR) is 64.8 cm³/mol. The van der Waals surface area contributed by atoms with E-state index in [2.05, 4.69) is 0 Å². The molecular formula is C11H15Cl2NO. The average molecular weight is 248 g/mol. The van der Waals surface area contributed by atoms with Crippen molar-refractivity contribution in [1.82, 2.24) is 0 Å². The lowest BCUT2D eigenvalue weighted by atomic mass is 9.90. The van der Waals surface area contributed by atoms with Gasteiger partial charge in [0.25, 0.3) is 0 Å². The van der Waals surface area contributed by atoms with Crippen molar-refractivity contribution in [3.8, 4) is 5.75 Å². The van der Waals surface area contributed by atoms with Gasteiger partial charge in [0.1, 0.15) is 5.75 Å². The molecule has 0 aliphatic heterocycles. The van der Waals surface area contributed by atoms with Gasteiger partial charge in [0.15, 0.2) is 0 Å². The summed E-state index contributed by atoms with van der Waals surface area (Å²) in [6.07, 6.45) is 0.778. The fourth-order valence-electron chi connectivity index (χ4n) is 1.38. The molecule has 1 rings (SSSR count). The molecule has 2 nitrogen and oxygen atoms in total. The van der Waals surface area contributed by atoms with Crippen molar-refractivity contribution < 1.29 is 4.74 Å². The molecule has 1 atom stereocenters. The van der Waals surface area contributed by atoms with Crippen LogP contribution in [0.3, 0.4) is 0 Å². The van der Waals surface area contributed by atoms with E-state index in [9.17, 15) is 0 Å². The van der Waals surface area contributed by atoms with Crippen LogP contribution < -0.4 is 10.5 Å². The highest BCUT2D eigenvalue weighted by Gasteiger charge is 2.25. The molecule has 0 aliphatic rings. The summed E-state index contributed by atoms with van der Waals surface area (Å²) in [7, 11) is 1.57. The zero-order valence-corrected chi connectivity index (χ0v) is 10.6. The smallest absolute Gasteiger partial charge is 0.142 e. The van der Waals surface area contributed by atoms with E-state index in [1.807, 2.05) is 13.8 Å². The molecule has 1 aromatic carbocycles. The summed E-state index contributed by atoms with van der Waals surface area (Å²) < 4.78 is 5.25. The molecule has 0 heterocycles. The SMILES string of the molecule is CCC(C)(N)c1cc(Cl)cc(Cl)c1OC. The molecule has 0 saturated heterocycles. The number of hydrogen-bond donors (Lipinski definition) is 1. The van der Waals surface area contributed by atoms with E-state index in [0.29, 0.717) is 15.8 Å². The second kappa shape index (κ2) is 4.60. The van der Waals surface area contributed by atoms with Gasteiger partial charge in [0, 0.05) is 16.1 Å². The largest absolute Gasteiger partial charge is 0.495 e. The van der Waals surface area contributed by atoms with Gasteiger partial charge in [-0.15, -0.1) is 0 Å². The molecule has 1 unspecified atom stereocenters. The summed E-state index contributed by atoms with van der Waals surface area (Å²) in [4.78, 5) is 0. The first-order valence-corrected chi connectivity index (χ1v) is 5.50. The first-order chi connectivity index (χ1) is 6.92. The monoisotopic (exact) mass is 247 g/mol. The number of rotatable bonds is 3. The molecule has 15 heavy (non-hydrogen) atoms. The Morgan fingerprint density at radius 3 is 2.47 bits per heavy atom. The predicted octanol–water partition coefficient (Wildman–Crippen LogP) is 3.59. The van der Waals surface area contributed by atoms with Gasteiger partial charge in [0.2, 0.25) is 0 Å². The summed E-state index contributed by atoms with van der Waals surface area (Å²) in [6, 6.07) is 3.45. The Bertz CT molecular complexity index is 364. The van der Waals surface area contributed by atoms with Crippen molar-refractivity contribution in [2.24, 2.45) is 5.73 Å². The normalized spacial score (nSPS) is 14.8. The van der Waals surface area contributed by atoms with Gasteiger partial charge in [0.05, 0.1) is 12.1 Å². The molecule has 2 N–H and O–H groups in total. The lowest BCUT2D eigenvalue weighted by molar-refractivity contribution is 0.383. The quantitative estimate of drug-likeness (QED) is 0.887.